The maximum Gasteiger partial charge on any atom is 0.435 e. The van der Waals surface area contributed by atoms with Gasteiger partial charge in [-0.25, -0.2) is 14.2 Å². The van der Waals surface area contributed by atoms with Gasteiger partial charge in [0.2, 0.25) is 0 Å². The van der Waals surface area contributed by atoms with Gasteiger partial charge in [0.1, 0.15) is 10.7 Å². The summed E-state index contributed by atoms with van der Waals surface area (Å²) in [4.78, 5) is 14.6. The standard InChI is InChI=1S/C14H11F4NO2S2/c1-2-21-12(20)10-11(14(16,17)18)19-13(23-10)22-7-8-3-5-9(15)6-4-8/h3-6H,2,7H2,1H3. The number of halogens is 4. The highest BCUT2D eigenvalue weighted by molar-refractivity contribution is 8.00. The molecule has 23 heavy (non-hydrogen) atoms. The van der Waals surface area contributed by atoms with Crippen molar-refractivity contribution in [2.45, 2.75) is 23.2 Å². The molecule has 0 N–H and O–H groups in total. The molecule has 0 aliphatic heterocycles. The van der Waals surface area contributed by atoms with Gasteiger partial charge < -0.3 is 4.74 Å². The van der Waals surface area contributed by atoms with Crippen molar-refractivity contribution in [3.8, 4) is 0 Å². The van der Waals surface area contributed by atoms with Crippen LogP contribution in [0, 0.1) is 5.82 Å². The van der Waals surface area contributed by atoms with Crippen LogP contribution in [-0.4, -0.2) is 17.6 Å². The van der Waals surface area contributed by atoms with E-state index < -0.39 is 28.5 Å². The van der Waals surface area contributed by atoms with Crippen LogP contribution in [0.5, 0.6) is 0 Å². The number of ether oxygens (including phenoxy) is 1. The van der Waals surface area contributed by atoms with Gasteiger partial charge in [-0.15, -0.1) is 11.3 Å². The van der Waals surface area contributed by atoms with Gasteiger partial charge in [0.25, 0.3) is 0 Å². The van der Waals surface area contributed by atoms with Gasteiger partial charge in [-0.05, 0) is 24.6 Å². The van der Waals surface area contributed by atoms with Crippen LogP contribution >= 0.6 is 23.1 Å². The molecule has 0 saturated carbocycles. The van der Waals surface area contributed by atoms with E-state index in [1.54, 1.807) is 0 Å². The molecular formula is C14H11F4NO2S2. The predicted octanol–water partition coefficient (Wildman–Crippen LogP) is 4.77. The second kappa shape index (κ2) is 7.31. The number of thiazole rings is 1. The van der Waals surface area contributed by atoms with E-state index in [4.69, 9.17) is 0 Å². The average Bonchev–Trinajstić information content (AvgIpc) is 2.91. The molecule has 0 saturated heterocycles. The summed E-state index contributed by atoms with van der Waals surface area (Å²) in [5.41, 5.74) is -0.500. The zero-order valence-electron chi connectivity index (χ0n) is 11.8. The van der Waals surface area contributed by atoms with Crippen molar-refractivity contribution in [2.75, 3.05) is 6.61 Å². The zero-order valence-corrected chi connectivity index (χ0v) is 13.4. The number of alkyl halides is 3. The first kappa shape index (κ1) is 17.7. The molecule has 1 aromatic carbocycles. The maximum absolute atomic E-state index is 13.0. The first-order chi connectivity index (χ1) is 10.8. The van der Waals surface area contributed by atoms with Gasteiger partial charge in [-0.3, -0.25) is 0 Å². The third-order valence-corrected chi connectivity index (χ3v) is 4.86. The Morgan fingerprint density at radius 2 is 1.96 bits per heavy atom. The molecule has 9 heteroatoms. The monoisotopic (exact) mass is 365 g/mol. The normalized spacial score (nSPS) is 11.5. The minimum absolute atomic E-state index is 0.0217. The van der Waals surface area contributed by atoms with E-state index in [1.165, 1.54) is 31.2 Å². The third kappa shape index (κ3) is 4.68. The highest BCUT2D eigenvalue weighted by Crippen LogP contribution is 2.38. The summed E-state index contributed by atoms with van der Waals surface area (Å²) >= 11 is 1.68. The molecule has 0 radical (unpaired) electrons. The number of hydrogen-bond donors (Lipinski definition) is 0. The number of thioether (sulfide) groups is 1. The van der Waals surface area contributed by atoms with Crippen LogP contribution in [0.4, 0.5) is 17.6 Å². The quantitative estimate of drug-likeness (QED) is 0.435. The molecule has 0 aliphatic rings. The molecule has 2 aromatic rings. The highest BCUT2D eigenvalue weighted by atomic mass is 32.2. The lowest BCUT2D eigenvalue weighted by molar-refractivity contribution is -0.141. The van der Waals surface area contributed by atoms with E-state index in [0.717, 1.165) is 17.3 Å². The van der Waals surface area contributed by atoms with Gasteiger partial charge in [0.05, 0.1) is 6.61 Å². The fourth-order valence-corrected chi connectivity index (χ4v) is 3.63. The van der Waals surface area contributed by atoms with Crippen molar-refractivity contribution in [3.05, 3.63) is 46.2 Å². The van der Waals surface area contributed by atoms with Gasteiger partial charge in [0.15, 0.2) is 10.0 Å². The summed E-state index contributed by atoms with van der Waals surface area (Å²) in [7, 11) is 0. The molecule has 0 bridgehead atoms. The summed E-state index contributed by atoms with van der Waals surface area (Å²) < 4.78 is 56.4. The van der Waals surface area contributed by atoms with E-state index in [-0.39, 0.29) is 10.9 Å². The maximum atomic E-state index is 13.0. The molecule has 1 aromatic heterocycles. The lowest BCUT2D eigenvalue weighted by Gasteiger charge is -2.05. The highest BCUT2D eigenvalue weighted by Gasteiger charge is 2.40. The summed E-state index contributed by atoms with van der Waals surface area (Å²) in [6.45, 7) is 1.49. The van der Waals surface area contributed by atoms with Gasteiger partial charge in [-0.1, -0.05) is 23.9 Å². The number of aromatic nitrogens is 1. The lowest BCUT2D eigenvalue weighted by Crippen LogP contribution is -2.13. The smallest absolute Gasteiger partial charge is 0.435 e. The van der Waals surface area contributed by atoms with E-state index in [9.17, 15) is 22.4 Å². The largest absolute Gasteiger partial charge is 0.462 e. The minimum atomic E-state index is -4.73. The number of esters is 1. The Hall–Kier alpha value is -1.61. The number of carbonyl (C=O) groups is 1. The fourth-order valence-electron chi connectivity index (χ4n) is 1.62. The minimum Gasteiger partial charge on any atom is -0.462 e. The molecular weight excluding hydrogens is 354 g/mol. The number of carbonyl (C=O) groups excluding carboxylic acids is 1. The van der Waals surface area contributed by atoms with Crippen LogP contribution < -0.4 is 0 Å². The van der Waals surface area contributed by atoms with Crippen molar-refractivity contribution < 1.29 is 27.1 Å². The Bertz CT molecular complexity index is 683. The Kier molecular flexibility index (Phi) is 5.64. The fraction of sp³-hybridized carbons (Fsp3) is 0.286. The van der Waals surface area contributed by atoms with Gasteiger partial charge in [-0.2, -0.15) is 13.2 Å². The van der Waals surface area contributed by atoms with Crippen molar-refractivity contribution in [1.82, 2.24) is 4.98 Å². The van der Waals surface area contributed by atoms with Crippen LogP contribution in [0.15, 0.2) is 28.6 Å². The Morgan fingerprint density at radius 3 is 2.52 bits per heavy atom. The van der Waals surface area contributed by atoms with Gasteiger partial charge in [0, 0.05) is 5.75 Å². The Morgan fingerprint density at radius 1 is 1.30 bits per heavy atom. The Labute approximate surface area is 137 Å². The Balaban J connectivity index is 2.19. The molecule has 3 nitrogen and oxygen atoms in total. The molecule has 0 atom stereocenters. The number of nitrogens with zero attached hydrogens (tertiary/aromatic N) is 1. The van der Waals surface area contributed by atoms with E-state index >= 15 is 0 Å². The summed E-state index contributed by atoms with van der Waals surface area (Å²) in [6, 6.07) is 5.60. The summed E-state index contributed by atoms with van der Waals surface area (Å²) in [6.07, 6.45) is -4.73. The molecule has 0 spiro atoms. The molecule has 0 unspecified atom stereocenters. The lowest BCUT2D eigenvalue weighted by atomic mass is 10.2. The van der Waals surface area contributed by atoms with E-state index in [0.29, 0.717) is 17.1 Å². The molecule has 1 heterocycles. The second-order valence-electron chi connectivity index (χ2n) is 4.29. The van der Waals surface area contributed by atoms with Crippen molar-refractivity contribution in [1.29, 1.82) is 0 Å². The topological polar surface area (TPSA) is 39.2 Å². The van der Waals surface area contributed by atoms with E-state index in [1.807, 2.05) is 0 Å². The third-order valence-electron chi connectivity index (χ3n) is 2.61. The summed E-state index contributed by atoms with van der Waals surface area (Å²) in [5.74, 6) is -1.12. The van der Waals surface area contributed by atoms with Gasteiger partial charge >= 0.3 is 12.1 Å². The first-order valence-electron chi connectivity index (χ1n) is 6.43. The van der Waals surface area contributed by atoms with Crippen LogP contribution in [0.2, 0.25) is 0 Å². The van der Waals surface area contributed by atoms with Crippen LogP contribution in [-0.2, 0) is 16.7 Å². The van der Waals surface area contributed by atoms with Crippen LogP contribution in [0.25, 0.3) is 0 Å². The van der Waals surface area contributed by atoms with Crippen LogP contribution in [0.1, 0.15) is 27.9 Å². The SMILES string of the molecule is CCOC(=O)c1sc(SCc2ccc(F)cc2)nc1C(F)(F)F. The zero-order chi connectivity index (χ0) is 17.0. The predicted molar refractivity (Wildman–Crippen MR) is 79.0 cm³/mol. The molecule has 0 fully saturated rings. The van der Waals surface area contributed by atoms with E-state index in [2.05, 4.69) is 9.72 Å². The summed E-state index contributed by atoms with van der Waals surface area (Å²) in [5, 5.41) is 0. The molecule has 0 amide bonds. The van der Waals surface area contributed by atoms with Crippen LogP contribution in [0.3, 0.4) is 0 Å². The molecule has 2 rings (SSSR count). The van der Waals surface area contributed by atoms with Crippen molar-refractivity contribution in [3.63, 3.8) is 0 Å². The second-order valence-corrected chi connectivity index (χ2v) is 6.51. The van der Waals surface area contributed by atoms with Crippen molar-refractivity contribution in [2.24, 2.45) is 0 Å². The molecule has 124 valence electrons. The van der Waals surface area contributed by atoms with Crippen molar-refractivity contribution >= 4 is 29.1 Å². The average molecular weight is 365 g/mol. The number of rotatable bonds is 5. The number of benzene rings is 1. The first-order valence-corrected chi connectivity index (χ1v) is 8.24. The molecule has 0 aliphatic carbocycles. The number of hydrogen-bond acceptors (Lipinski definition) is 5.